The van der Waals surface area contributed by atoms with Gasteiger partial charge in [-0.3, -0.25) is 0 Å². The largest absolute Gasteiger partial charge is 0.458 e. The molecule has 4 nitrogen and oxygen atoms in total. The highest BCUT2D eigenvalue weighted by molar-refractivity contribution is 5.51. The van der Waals surface area contributed by atoms with Gasteiger partial charge in [0.25, 0.3) is 0 Å². The standard InChI is InChI=1S/C11H10N2O2/c1-7-9-5-11-10(14-6-15-11)4-8(9)2-3-12-13-7/h2-4H,5-6H2,1H3. The molecule has 0 spiro atoms. The molecule has 0 aromatic heterocycles. The van der Waals surface area contributed by atoms with Gasteiger partial charge in [-0.25, -0.2) is 0 Å². The molecule has 0 amide bonds. The van der Waals surface area contributed by atoms with Gasteiger partial charge in [0.15, 0.2) is 5.76 Å². The minimum Gasteiger partial charge on any atom is -0.458 e. The lowest BCUT2D eigenvalue weighted by atomic mass is 9.94. The maximum Gasteiger partial charge on any atom is 0.230 e. The van der Waals surface area contributed by atoms with E-state index in [4.69, 9.17) is 9.47 Å². The third-order valence-corrected chi connectivity index (χ3v) is 2.66. The number of allylic oxidation sites excluding steroid dienone is 5. The molecule has 0 bridgehead atoms. The molecule has 4 heteroatoms. The van der Waals surface area contributed by atoms with Crippen molar-refractivity contribution in [3.8, 4) is 0 Å². The third kappa shape index (κ3) is 1.29. The number of ether oxygens (including phenoxy) is 2. The fourth-order valence-corrected chi connectivity index (χ4v) is 1.85. The van der Waals surface area contributed by atoms with E-state index in [0.29, 0.717) is 6.79 Å². The summed E-state index contributed by atoms with van der Waals surface area (Å²) in [4.78, 5) is 0. The Labute approximate surface area is 87.3 Å². The van der Waals surface area contributed by atoms with Crippen molar-refractivity contribution in [2.75, 3.05) is 6.79 Å². The number of rotatable bonds is 0. The molecule has 3 rings (SSSR count). The van der Waals surface area contributed by atoms with Crippen molar-refractivity contribution in [3.05, 3.63) is 46.7 Å². The van der Waals surface area contributed by atoms with E-state index in [0.717, 1.165) is 34.8 Å². The van der Waals surface area contributed by atoms with Gasteiger partial charge in [-0.1, -0.05) is 0 Å². The van der Waals surface area contributed by atoms with Gasteiger partial charge in [-0.2, -0.15) is 10.2 Å². The van der Waals surface area contributed by atoms with Crippen LogP contribution < -0.4 is 0 Å². The minimum absolute atomic E-state index is 0.325. The first-order valence-electron chi connectivity index (χ1n) is 4.82. The lowest BCUT2D eigenvalue weighted by molar-refractivity contribution is 0.0736. The Kier molecular flexibility index (Phi) is 1.74. The summed E-state index contributed by atoms with van der Waals surface area (Å²) in [5.74, 6) is 1.74. The molecule has 76 valence electrons. The molecule has 0 unspecified atom stereocenters. The second-order valence-electron chi connectivity index (χ2n) is 3.57. The Morgan fingerprint density at radius 1 is 1.33 bits per heavy atom. The number of hydrogen-bond acceptors (Lipinski definition) is 4. The van der Waals surface area contributed by atoms with Crippen LogP contribution in [0.4, 0.5) is 0 Å². The van der Waals surface area contributed by atoms with Gasteiger partial charge in [-0.15, -0.1) is 0 Å². The molecule has 0 radical (unpaired) electrons. The first-order valence-corrected chi connectivity index (χ1v) is 4.82. The molecule has 0 saturated heterocycles. The fourth-order valence-electron chi connectivity index (χ4n) is 1.85. The van der Waals surface area contributed by atoms with E-state index in [2.05, 4.69) is 10.2 Å². The van der Waals surface area contributed by atoms with Crippen LogP contribution in [0.1, 0.15) is 13.3 Å². The molecular weight excluding hydrogens is 192 g/mol. The SMILES string of the molecule is CC1=C2CC3=C(C=C2C=CN=N1)OCO3. The summed E-state index contributed by atoms with van der Waals surface area (Å²) >= 11 is 0. The summed E-state index contributed by atoms with van der Waals surface area (Å²) in [5, 5.41) is 8.00. The van der Waals surface area contributed by atoms with Gasteiger partial charge < -0.3 is 9.47 Å². The summed E-state index contributed by atoms with van der Waals surface area (Å²) in [5.41, 5.74) is 3.21. The Balaban J connectivity index is 2.11. The number of hydrogen-bond donors (Lipinski definition) is 0. The zero-order valence-electron chi connectivity index (χ0n) is 8.36. The summed E-state index contributed by atoms with van der Waals surface area (Å²) in [7, 11) is 0. The minimum atomic E-state index is 0.325. The molecular formula is C11H10N2O2. The topological polar surface area (TPSA) is 43.2 Å². The van der Waals surface area contributed by atoms with Gasteiger partial charge in [0.05, 0.1) is 11.9 Å². The van der Waals surface area contributed by atoms with Crippen molar-refractivity contribution in [2.45, 2.75) is 13.3 Å². The Morgan fingerprint density at radius 2 is 2.27 bits per heavy atom. The first-order chi connectivity index (χ1) is 7.34. The van der Waals surface area contributed by atoms with Gasteiger partial charge in [0.2, 0.25) is 6.79 Å². The van der Waals surface area contributed by atoms with Crippen LogP contribution in [0.25, 0.3) is 0 Å². The van der Waals surface area contributed by atoms with E-state index in [1.807, 2.05) is 19.1 Å². The highest BCUT2D eigenvalue weighted by Gasteiger charge is 2.25. The molecule has 1 aliphatic carbocycles. The van der Waals surface area contributed by atoms with Crippen molar-refractivity contribution in [3.63, 3.8) is 0 Å². The number of fused-ring (bicyclic) bond motifs is 1. The highest BCUT2D eigenvalue weighted by Crippen LogP contribution is 2.36. The average Bonchev–Trinajstić information content (AvgIpc) is 2.62. The van der Waals surface area contributed by atoms with Crippen LogP contribution in [-0.2, 0) is 9.47 Å². The molecule has 3 aliphatic rings. The van der Waals surface area contributed by atoms with Gasteiger partial charge in [0.1, 0.15) is 5.76 Å². The zero-order valence-corrected chi connectivity index (χ0v) is 8.36. The van der Waals surface area contributed by atoms with Gasteiger partial charge in [-0.05, 0) is 30.2 Å². The molecule has 15 heavy (non-hydrogen) atoms. The second-order valence-corrected chi connectivity index (χ2v) is 3.57. The molecule has 0 aromatic carbocycles. The predicted octanol–water partition coefficient (Wildman–Crippen LogP) is 2.79. The lowest BCUT2D eigenvalue weighted by Gasteiger charge is -2.14. The molecule has 2 aliphatic heterocycles. The maximum absolute atomic E-state index is 5.38. The normalized spacial score (nSPS) is 22.9. The molecule has 0 saturated carbocycles. The van der Waals surface area contributed by atoms with Crippen molar-refractivity contribution in [1.82, 2.24) is 0 Å². The van der Waals surface area contributed by atoms with Crippen LogP contribution in [0.5, 0.6) is 0 Å². The summed E-state index contributed by atoms with van der Waals surface area (Å²) in [6.07, 6.45) is 6.37. The fraction of sp³-hybridized carbons (Fsp3) is 0.273. The molecule has 0 atom stereocenters. The summed E-state index contributed by atoms with van der Waals surface area (Å²) in [6.45, 7) is 2.28. The van der Waals surface area contributed by atoms with Crippen LogP contribution in [0.15, 0.2) is 56.9 Å². The monoisotopic (exact) mass is 202 g/mol. The average molecular weight is 202 g/mol. The highest BCUT2D eigenvalue weighted by atomic mass is 16.7. The Morgan fingerprint density at radius 3 is 3.20 bits per heavy atom. The quantitative estimate of drug-likeness (QED) is 0.606. The van der Waals surface area contributed by atoms with E-state index < -0.39 is 0 Å². The number of nitrogens with zero attached hydrogens (tertiary/aromatic N) is 2. The van der Waals surface area contributed by atoms with Gasteiger partial charge in [0, 0.05) is 6.42 Å². The van der Waals surface area contributed by atoms with Crippen molar-refractivity contribution in [1.29, 1.82) is 0 Å². The van der Waals surface area contributed by atoms with Crippen LogP contribution >= 0.6 is 0 Å². The van der Waals surface area contributed by atoms with Crippen molar-refractivity contribution >= 4 is 0 Å². The summed E-state index contributed by atoms with van der Waals surface area (Å²) < 4.78 is 10.7. The maximum atomic E-state index is 5.38. The second kappa shape index (κ2) is 3.08. The molecule has 0 aromatic rings. The zero-order chi connectivity index (χ0) is 10.3. The van der Waals surface area contributed by atoms with E-state index in [1.54, 1.807) is 6.20 Å². The van der Waals surface area contributed by atoms with E-state index in [9.17, 15) is 0 Å². The first kappa shape index (κ1) is 8.47. The third-order valence-electron chi connectivity index (χ3n) is 2.66. The predicted molar refractivity (Wildman–Crippen MR) is 53.5 cm³/mol. The van der Waals surface area contributed by atoms with Crippen LogP contribution in [-0.4, -0.2) is 6.79 Å². The Hall–Kier alpha value is -1.84. The lowest BCUT2D eigenvalue weighted by Crippen LogP contribution is -2.00. The molecule has 0 fully saturated rings. The van der Waals surface area contributed by atoms with Crippen LogP contribution in [0.2, 0.25) is 0 Å². The van der Waals surface area contributed by atoms with E-state index >= 15 is 0 Å². The van der Waals surface area contributed by atoms with E-state index in [-0.39, 0.29) is 0 Å². The van der Waals surface area contributed by atoms with Crippen LogP contribution in [0, 0.1) is 0 Å². The number of azo groups is 1. The van der Waals surface area contributed by atoms with Crippen molar-refractivity contribution in [2.24, 2.45) is 10.2 Å². The molecule has 2 heterocycles. The van der Waals surface area contributed by atoms with Crippen LogP contribution in [0.3, 0.4) is 0 Å². The van der Waals surface area contributed by atoms with Crippen molar-refractivity contribution < 1.29 is 9.47 Å². The summed E-state index contributed by atoms with van der Waals surface area (Å²) in [6, 6.07) is 0. The smallest absolute Gasteiger partial charge is 0.230 e. The van der Waals surface area contributed by atoms with E-state index in [1.165, 1.54) is 0 Å². The molecule has 0 N–H and O–H groups in total. The van der Waals surface area contributed by atoms with Gasteiger partial charge >= 0.3 is 0 Å². The Bertz CT molecular complexity index is 467.